The number of carbonyl (C=O) groups is 2. The summed E-state index contributed by atoms with van der Waals surface area (Å²) in [4.78, 5) is 45.2. The number of carbonyl (C=O) groups excluding carboxylic acids is 2. The smallest absolute Gasteiger partial charge is 0.287 e. The van der Waals surface area contributed by atoms with Crippen molar-refractivity contribution < 1.29 is 14.5 Å². The van der Waals surface area contributed by atoms with Crippen molar-refractivity contribution in [2.45, 2.75) is 0 Å². The highest BCUT2D eigenvalue weighted by molar-refractivity contribution is 8.03. The van der Waals surface area contributed by atoms with E-state index in [1.807, 2.05) is 40.6 Å². The first kappa shape index (κ1) is 20.9. The van der Waals surface area contributed by atoms with Gasteiger partial charge in [0, 0.05) is 32.2 Å². The SMILES string of the molecule is O=C(CN1C(=O)CSC=C1c1ccccc1)N1CCN(c2ccc([N+](=O)[O-])cn2)CC1. The molecule has 0 saturated carbocycles. The second kappa shape index (κ2) is 9.17. The van der Waals surface area contributed by atoms with Crippen LogP contribution in [0, 0.1) is 10.1 Å². The van der Waals surface area contributed by atoms with E-state index in [0.29, 0.717) is 37.7 Å². The van der Waals surface area contributed by atoms with Gasteiger partial charge in [0.05, 0.1) is 16.4 Å². The van der Waals surface area contributed by atoms with Gasteiger partial charge in [0.15, 0.2) is 0 Å². The van der Waals surface area contributed by atoms with Crippen LogP contribution in [-0.4, -0.2) is 70.0 Å². The molecule has 160 valence electrons. The topological polar surface area (TPSA) is 99.9 Å². The Labute approximate surface area is 183 Å². The lowest BCUT2D eigenvalue weighted by Crippen LogP contribution is -2.52. The second-order valence-corrected chi connectivity index (χ2v) is 8.02. The number of rotatable bonds is 5. The molecular weight excluding hydrogens is 418 g/mol. The summed E-state index contributed by atoms with van der Waals surface area (Å²) in [5, 5.41) is 12.7. The van der Waals surface area contributed by atoms with E-state index in [-0.39, 0.29) is 24.0 Å². The van der Waals surface area contributed by atoms with Crippen molar-refractivity contribution in [3.05, 3.63) is 69.7 Å². The number of hydrogen-bond donors (Lipinski definition) is 0. The average molecular weight is 439 g/mol. The fraction of sp³-hybridized carbons (Fsp3) is 0.286. The van der Waals surface area contributed by atoms with Gasteiger partial charge in [0.25, 0.3) is 5.69 Å². The molecule has 0 radical (unpaired) electrons. The van der Waals surface area contributed by atoms with Crippen molar-refractivity contribution in [3.8, 4) is 0 Å². The van der Waals surface area contributed by atoms with Crippen LogP contribution in [0.2, 0.25) is 0 Å². The normalized spacial score (nSPS) is 16.8. The Morgan fingerprint density at radius 2 is 1.84 bits per heavy atom. The Balaban J connectivity index is 1.38. The Hall–Kier alpha value is -3.40. The lowest BCUT2D eigenvalue weighted by atomic mass is 10.1. The van der Waals surface area contributed by atoms with Crippen molar-refractivity contribution in [1.29, 1.82) is 0 Å². The second-order valence-electron chi connectivity index (χ2n) is 7.16. The third-order valence-corrected chi connectivity index (χ3v) is 6.06. The number of pyridine rings is 1. The molecule has 31 heavy (non-hydrogen) atoms. The quantitative estimate of drug-likeness (QED) is 0.520. The Kier molecular flexibility index (Phi) is 6.17. The monoisotopic (exact) mass is 439 g/mol. The summed E-state index contributed by atoms with van der Waals surface area (Å²) in [6.07, 6.45) is 1.24. The summed E-state index contributed by atoms with van der Waals surface area (Å²) < 4.78 is 0. The minimum Gasteiger partial charge on any atom is -0.353 e. The fourth-order valence-corrected chi connectivity index (χ4v) is 4.37. The van der Waals surface area contributed by atoms with E-state index in [4.69, 9.17) is 0 Å². The summed E-state index contributed by atoms with van der Waals surface area (Å²) >= 11 is 1.44. The standard InChI is InChI=1S/C21H21N5O4S/c27-20(13-25-18(14-31-15-21(25)28)16-4-2-1-3-5-16)24-10-8-23(9-11-24)19-7-6-17(12-22-19)26(29)30/h1-7,12,14H,8-11,13,15H2. The number of aromatic nitrogens is 1. The maximum absolute atomic E-state index is 12.9. The number of anilines is 1. The van der Waals surface area contributed by atoms with E-state index in [9.17, 15) is 19.7 Å². The van der Waals surface area contributed by atoms with Crippen molar-refractivity contribution in [1.82, 2.24) is 14.8 Å². The lowest BCUT2D eigenvalue weighted by molar-refractivity contribution is -0.385. The van der Waals surface area contributed by atoms with Gasteiger partial charge >= 0.3 is 0 Å². The van der Waals surface area contributed by atoms with Gasteiger partial charge in [0.1, 0.15) is 18.6 Å². The molecule has 0 unspecified atom stereocenters. The van der Waals surface area contributed by atoms with Gasteiger partial charge in [-0.05, 0) is 17.0 Å². The van der Waals surface area contributed by atoms with Gasteiger partial charge in [-0.3, -0.25) is 19.7 Å². The number of nitrogens with zero attached hydrogens (tertiary/aromatic N) is 5. The van der Waals surface area contributed by atoms with E-state index < -0.39 is 4.92 Å². The predicted octanol–water partition coefficient (Wildman–Crippen LogP) is 2.21. The number of hydrogen-bond acceptors (Lipinski definition) is 7. The minimum absolute atomic E-state index is 0.00982. The molecule has 0 atom stereocenters. The molecule has 2 aliphatic rings. The molecule has 2 amide bonds. The van der Waals surface area contributed by atoms with Crippen LogP contribution in [-0.2, 0) is 9.59 Å². The van der Waals surface area contributed by atoms with Crippen molar-refractivity contribution >= 4 is 40.8 Å². The van der Waals surface area contributed by atoms with E-state index in [0.717, 1.165) is 11.3 Å². The summed E-state index contributed by atoms with van der Waals surface area (Å²) in [6.45, 7) is 2.15. The summed E-state index contributed by atoms with van der Waals surface area (Å²) in [5.41, 5.74) is 1.61. The maximum Gasteiger partial charge on any atom is 0.287 e. The van der Waals surface area contributed by atoms with Gasteiger partial charge in [0.2, 0.25) is 11.8 Å². The number of nitro groups is 1. The summed E-state index contributed by atoms with van der Waals surface area (Å²) in [6, 6.07) is 12.6. The molecule has 0 spiro atoms. The Bertz CT molecular complexity index is 1000. The first-order valence-corrected chi connectivity index (χ1v) is 10.9. The van der Waals surface area contributed by atoms with Gasteiger partial charge in [-0.2, -0.15) is 0 Å². The van der Waals surface area contributed by atoms with Gasteiger partial charge in [-0.15, -0.1) is 11.8 Å². The van der Waals surface area contributed by atoms with Crippen LogP contribution in [0.15, 0.2) is 54.1 Å². The molecule has 10 heteroatoms. The molecular formula is C21H21N5O4S. The van der Waals surface area contributed by atoms with Crippen molar-refractivity contribution in [2.75, 3.05) is 43.4 Å². The van der Waals surface area contributed by atoms with Crippen molar-refractivity contribution in [2.24, 2.45) is 0 Å². The number of piperazine rings is 1. The molecule has 2 aliphatic heterocycles. The fourth-order valence-electron chi connectivity index (χ4n) is 3.57. The highest BCUT2D eigenvalue weighted by Crippen LogP contribution is 2.28. The van der Waals surface area contributed by atoms with Gasteiger partial charge < -0.3 is 14.7 Å². The molecule has 1 saturated heterocycles. The third-order valence-electron chi connectivity index (χ3n) is 5.26. The zero-order valence-electron chi connectivity index (χ0n) is 16.7. The molecule has 3 heterocycles. The van der Waals surface area contributed by atoms with E-state index >= 15 is 0 Å². The third kappa shape index (κ3) is 4.69. The van der Waals surface area contributed by atoms with Crippen LogP contribution in [0.25, 0.3) is 5.70 Å². The zero-order chi connectivity index (χ0) is 21.8. The maximum atomic E-state index is 12.9. The molecule has 1 fully saturated rings. The number of amides is 2. The Morgan fingerprint density at radius 3 is 2.48 bits per heavy atom. The predicted molar refractivity (Wildman–Crippen MR) is 118 cm³/mol. The molecule has 1 aromatic carbocycles. The van der Waals surface area contributed by atoms with E-state index in [1.54, 1.807) is 15.9 Å². The average Bonchev–Trinajstić information content (AvgIpc) is 2.81. The molecule has 4 rings (SSSR count). The van der Waals surface area contributed by atoms with Crippen LogP contribution in [0.4, 0.5) is 11.5 Å². The number of thioether (sulfide) groups is 1. The van der Waals surface area contributed by atoms with Crippen LogP contribution < -0.4 is 4.90 Å². The molecule has 0 bridgehead atoms. The van der Waals surface area contributed by atoms with Crippen LogP contribution in [0.1, 0.15) is 5.56 Å². The molecule has 0 aliphatic carbocycles. The van der Waals surface area contributed by atoms with Crippen LogP contribution in [0.5, 0.6) is 0 Å². The van der Waals surface area contributed by atoms with Gasteiger partial charge in [-0.1, -0.05) is 30.3 Å². The zero-order valence-corrected chi connectivity index (χ0v) is 17.5. The Morgan fingerprint density at radius 1 is 1.10 bits per heavy atom. The van der Waals surface area contributed by atoms with E-state index in [2.05, 4.69) is 4.98 Å². The van der Waals surface area contributed by atoms with E-state index in [1.165, 1.54) is 24.0 Å². The molecule has 9 nitrogen and oxygen atoms in total. The highest BCUT2D eigenvalue weighted by Gasteiger charge is 2.29. The van der Waals surface area contributed by atoms with Crippen LogP contribution >= 0.6 is 11.8 Å². The largest absolute Gasteiger partial charge is 0.353 e. The number of benzene rings is 1. The first-order valence-electron chi connectivity index (χ1n) is 9.83. The highest BCUT2D eigenvalue weighted by atomic mass is 32.2. The molecule has 2 aromatic rings. The first-order chi connectivity index (χ1) is 15.0. The molecule has 0 N–H and O–H groups in total. The summed E-state index contributed by atoms with van der Waals surface area (Å²) in [5.74, 6) is 0.797. The minimum atomic E-state index is -0.480. The van der Waals surface area contributed by atoms with Crippen LogP contribution in [0.3, 0.4) is 0 Å². The van der Waals surface area contributed by atoms with Gasteiger partial charge in [-0.25, -0.2) is 4.98 Å². The lowest BCUT2D eigenvalue weighted by Gasteiger charge is -2.37. The molecule has 1 aromatic heterocycles. The van der Waals surface area contributed by atoms with Crippen molar-refractivity contribution in [3.63, 3.8) is 0 Å². The summed E-state index contributed by atoms with van der Waals surface area (Å²) in [7, 11) is 0.